The van der Waals surface area contributed by atoms with Gasteiger partial charge in [0.25, 0.3) is 0 Å². The van der Waals surface area contributed by atoms with Gasteiger partial charge in [-0.05, 0) is 94.9 Å². The van der Waals surface area contributed by atoms with Crippen LogP contribution in [-0.4, -0.2) is 26.2 Å². The van der Waals surface area contributed by atoms with E-state index in [1.807, 2.05) is 0 Å². The van der Waals surface area contributed by atoms with Crippen molar-refractivity contribution in [2.24, 2.45) is 5.92 Å². The van der Waals surface area contributed by atoms with Crippen LogP contribution in [0, 0.1) is 5.92 Å². The van der Waals surface area contributed by atoms with Gasteiger partial charge in [-0.15, -0.1) is 0 Å². The molecule has 4 heteroatoms. The van der Waals surface area contributed by atoms with Crippen molar-refractivity contribution in [1.82, 2.24) is 4.58 Å². The summed E-state index contributed by atoms with van der Waals surface area (Å²) in [6, 6.07) is 15.8. The van der Waals surface area contributed by atoms with Crippen molar-refractivity contribution in [2.75, 3.05) is 31.1 Å². The Hall–Kier alpha value is -3.79. The Bertz CT molecular complexity index is 1660. The predicted octanol–water partition coefficient (Wildman–Crippen LogP) is 10.6. The molecule has 0 bridgehead atoms. The van der Waals surface area contributed by atoms with E-state index in [0.717, 1.165) is 49.2 Å². The van der Waals surface area contributed by atoms with Gasteiger partial charge in [-0.25, -0.2) is 4.58 Å². The van der Waals surface area contributed by atoms with Gasteiger partial charge in [0.05, 0.1) is 6.07 Å². The van der Waals surface area contributed by atoms with Crippen LogP contribution in [-0.2, 0) is 0 Å². The second kappa shape index (κ2) is 15.9. The van der Waals surface area contributed by atoms with Gasteiger partial charge in [-0.2, -0.15) is 0 Å². The molecular weight excluding hydrogens is 576 g/mol. The molecule has 0 unspecified atom stereocenters. The van der Waals surface area contributed by atoms with E-state index in [1.54, 1.807) is 0 Å². The van der Waals surface area contributed by atoms with Crippen LogP contribution in [0.25, 0.3) is 23.0 Å². The molecule has 0 amide bonds. The summed E-state index contributed by atoms with van der Waals surface area (Å²) in [5.74, 6) is 5.29. The Labute approximate surface area is 283 Å². The van der Waals surface area contributed by atoms with Crippen LogP contribution in [0.15, 0.2) is 83.0 Å². The van der Waals surface area contributed by atoms with Crippen molar-refractivity contribution in [1.29, 1.82) is 0 Å². The smallest absolute Gasteiger partial charge is 0.203 e. The molecule has 248 valence electrons. The monoisotopic (exact) mass is 631 g/mol. The summed E-state index contributed by atoms with van der Waals surface area (Å²) in [4.78, 5) is 2.39. The van der Waals surface area contributed by atoms with Gasteiger partial charge in [0.2, 0.25) is 5.36 Å². The molecule has 47 heavy (non-hydrogen) atoms. The topological polar surface area (TPSA) is 28.6 Å². The Morgan fingerprint density at radius 1 is 0.745 bits per heavy atom. The Balaban J connectivity index is 1.31. The average Bonchev–Trinajstić information content (AvgIpc) is 3.12. The van der Waals surface area contributed by atoms with Crippen LogP contribution >= 0.6 is 0 Å². The minimum Gasteiger partial charge on any atom is -0.461 e. The highest BCUT2D eigenvalue weighted by atomic mass is 16.5. The largest absolute Gasteiger partial charge is 0.461 e. The Morgan fingerprint density at radius 2 is 1.45 bits per heavy atom. The second-order valence-corrected chi connectivity index (χ2v) is 13.5. The van der Waals surface area contributed by atoms with Crippen molar-refractivity contribution in [3.05, 3.63) is 101 Å². The first-order chi connectivity index (χ1) is 23.1. The third-order valence-electron chi connectivity index (χ3n) is 10.6. The van der Waals surface area contributed by atoms with E-state index in [1.165, 1.54) is 97.5 Å². The van der Waals surface area contributed by atoms with Gasteiger partial charge >= 0.3 is 0 Å². The number of hydrogen-bond donors (Lipinski definition) is 0. The quantitative estimate of drug-likeness (QED) is 0.165. The molecule has 1 aromatic rings. The number of rotatable bonds is 10. The van der Waals surface area contributed by atoms with Gasteiger partial charge in [0.15, 0.2) is 0 Å². The van der Waals surface area contributed by atoms with Crippen molar-refractivity contribution in [2.45, 2.75) is 97.8 Å². The lowest BCUT2D eigenvalue weighted by Crippen LogP contribution is -2.29. The summed E-state index contributed by atoms with van der Waals surface area (Å²) in [6.07, 6.45) is 26.1. The molecule has 0 saturated heterocycles. The Morgan fingerprint density at radius 3 is 2.15 bits per heavy atom. The molecule has 0 aromatic heterocycles. The van der Waals surface area contributed by atoms with Gasteiger partial charge in [0, 0.05) is 53.9 Å². The summed E-state index contributed by atoms with van der Waals surface area (Å²) < 4.78 is 15.7. The average molecular weight is 632 g/mol. The van der Waals surface area contributed by atoms with Crippen molar-refractivity contribution >= 4 is 17.3 Å². The summed E-state index contributed by atoms with van der Waals surface area (Å²) in [5.41, 5.74) is 6.04. The maximum atomic E-state index is 6.65. The van der Waals surface area contributed by atoms with Crippen LogP contribution in [0.1, 0.15) is 115 Å². The zero-order chi connectivity index (χ0) is 32.6. The molecule has 0 spiro atoms. The molecule has 0 N–H and O–H groups in total. The molecule has 4 nitrogen and oxygen atoms in total. The Kier molecular flexibility index (Phi) is 11.2. The van der Waals surface area contributed by atoms with E-state index >= 15 is 0 Å². The number of nitrogens with zero attached hydrogens (tertiary/aromatic N) is 2. The van der Waals surface area contributed by atoms with Crippen molar-refractivity contribution in [3.63, 3.8) is 0 Å². The van der Waals surface area contributed by atoms with Gasteiger partial charge < -0.3 is 14.1 Å². The first-order valence-corrected chi connectivity index (χ1v) is 18.6. The van der Waals surface area contributed by atoms with Crippen LogP contribution < -0.4 is 19.6 Å². The van der Waals surface area contributed by atoms with Crippen molar-refractivity contribution < 1.29 is 9.15 Å². The molecule has 5 aliphatic rings. The number of allylic oxidation sites excluding steroid dienone is 7. The minimum atomic E-state index is 0.513. The highest BCUT2D eigenvalue weighted by Crippen LogP contribution is 2.42. The number of hydrogen-bond acceptors (Lipinski definition) is 3. The molecule has 2 heterocycles. The fraction of sp³-hybridized carbons (Fsp3) is 0.465. The molecule has 2 aliphatic heterocycles. The summed E-state index contributed by atoms with van der Waals surface area (Å²) in [5, 5.41) is 1.23. The fourth-order valence-electron chi connectivity index (χ4n) is 7.85. The van der Waals surface area contributed by atoms with Gasteiger partial charge in [0.1, 0.15) is 36.1 Å². The zero-order valence-corrected chi connectivity index (χ0v) is 29.3. The second-order valence-electron chi connectivity index (χ2n) is 13.5. The molecule has 1 aromatic carbocycles. The van der Waals surface area contributed by atoms with E-state index < -0.39 is 0 Å². The van der Waals surface area contributed by atoms with E-state index in [2.05, 4.69) is 116 Å². The standard InChI is InChI=1S/C43H55N2O2/c1-5-44(6-2)36-24-26-38-34(28-40(46-42(38)30-36)32-18-12-9-13-19-32)22-16-11-17-23-35-29-41(33-20-14-10-15-21-33)47-43-31-37(25-27-39(35)43)45(7-3)8-4/h11,16-17,22-33H,5-10,12-15,18-21H2,1-4H3/q+1. The van der Waals surface area contributed by atoms with E-state index in [-0.39, 0.29) is 0 Å². The molecular formula is C43H55N2O2+. The molecule has 6 rings (SSSR count). The highest BCUT2D eigenvalue weighted by molar-refractivity contribution is 5.82. The third-order valence-corrected chi connectivity index (χ3v) is 10.6. The number of fused-ring (bicyclic) bond motifs is 2. The van der Waals surface area contributed by atoms with Crippen LogP contribution in [0.4, 0.5) is 5.69 Å². The van der Waals surface area contributed by atoms with E-state index in [9.17, 15) is 0 Å². The SMILES string of the molecule is CCN(CC)c1ccc2c(c1)OC(C1CCCCC1)=CC2=CC=CC=Cc1cc(C2CCCCC2)oc2cc(=[N+](CC)CC)ccc1-2. The molecule has 3 aliphatic carbocycles. The molecule has 0 atom stereocenters. The lowest BCUT2D eigenvalue weighted by molar-refractivity contribution is 0.286. The zero-order valence-electron chi connectivity index (χ0n) is 29.3. The third kappa shape index (κ3) is 7.69. The van der Waals surface area contributed by atoms with Crippen LogP contribution in [0.2, 0.25) is 0 Å². The lowest BCUT2D eigenvalue weighted by atomic mass is 9.86. The van der Waals surface area contributed by atoms with Crippen LogP contribution in [0.5, 0.6) is 5.75 Å². The molecule has 2 fully saturated rings. The maximum absolute atomic E-state index is 6.65. The highest BCUT2D eigenvalue weighted by Gasteiger charge is 2.26. The summed E-state index contributed by atoms with van der Waals surface area (Å²) >= 11 is 0. The lowest BCUT2D eigenvalue weighted by Gasteiger charge is -2.30. The van der Waals surface area contributed by atoms with E-state index in [0.29, 0.717) is 11.8 Å². The number of anilines is 1. The van der Waals surface area contributed by atoms with Crippen LogP contribution in [0.3, 0.4) is 0 Å². The normalized spacial score (nSPS) is 18.6. The fourth-order valence-corrected chi connectivity index (χ4v) is 7.85. The van der Waals surface area contributed by atoms with Gasteiger partial charge in [-0.3, -0.25) is 0 Å². The van der Waals surface area contributed by atoms with Crippen molar-refractivity contribution in [3.8, 4) is 17.1 Å². The summed E-state index contributed by atoms with van der Waals surface area (Å²) in [6.45, 7) is 12.8. The van der Waals surface area contributed by atoms with E-state index in [4.69, 9.17) is 9.15 Å². The molecule has 0 radical (unpaired) electrons. The molecule has 2 saturated carbocycles. The number of benzene rings is 2. The van der Waals surface area contributed by atoms with Gasteiger partial charge in [-0.1, -0.05) is 68.9 Å². The summed E-state index contributed by atoms with van der Waals surface area (Å²) in [7, 11) is 0. The number of ether oxygens (including phenoxy) is 1. The minimum absolute atomic E-state index is 0.513. The maximum Gasteiger partial charge on any atom is 0.203 e. The predicted molar refractivity (Wildman–Crippen MR) is 199 cm³/mol. The first kappa shape index (κ1) is 33.1. The first-order valence-electron chi connectivity index (χ1n) is 18.6.